The predicted molar refractivity (Wildman–Crippen MR) is 78.6 cm³/mol. The molecule has 0 heterocycles. The Balaban J connectivity index is 3.01. The zero-order chi connectivity index (χ0) is 16.2. The van der Waals surface area contributed by atoms with Crippen molar-refractivity contribution in [3.63, 3.8) is 0 Å². The van der Waals surface area contributed by atoms with Crippen LogP contribution < -0.4 is 4.72 Å². The average molecular weight is 315 g/mol. The van der Waals surface area contributed by atoms with Crippen molar-refractivity contribution in [1.29, 1.82) is 0 Å². The van der Waals surface area contributed by atoms with Crippen LogP contribution in [0.2, 0.25) is 0 Å². The second-order valence-electron chi connectivity index (χ2n) is 5.24. The van der Waals surface area contributed by atoms with E-state index in [1.807, 2.05) is 20.8 Å². The first kappa shape index (κ1) is 17.5. The van der Waals surface area contributed by atoms with E-state index in [-0.39, 0.29) is 22.1 Å². The minimum Gasteiger partial charge on any atom is -0.507 e. The summed E-state index contributed by atoms with van der Waals surface area (Å²) in [5.41, 5.74) is -0.183. The molecule has 0 saturated carbocycles. The third-order valence-electron chi connectivity index (χ3n) is 3.42. The summed E-state index contributed by atoms with van der Waals surface area (Å²) in [4.78, 5) is 11.4. The van der Waals surface area contributed by atoms with Crippen molar-refractivity contribution in [2.24, 2.45) is 11.8 Å². The molecule has 0 spiro atoms. The molecule has 1 aromatic rings. The van der Waals surface area contributed by atoms with Crippen LogP contribution >= 0.6 is 0 Å². The topological polar surface area (TPSA) is 92.7 Å². The largest absolute Gasteiger partial charge is 0.507 e. The highest BCUT2D eigenvalue weighted by Crippen LogP contribution is 2.22. The predicted octanol–water partition coefficient (Wildman–Crippen LogP) is 1.75. The summed E-state index contributed by atoms with van der Waals surface area (Å²) in [6.07, 6.45) is 0. The zero-order valence-electron chi connectivity index (χ0n) is 12.6. The van der Waals surface area contributed by atoms with Gasteiger partial charge in [-0.2, -0.15) is 0 Å². The van der Waals surface area contributed by atoms with E-state index in [2.05, 4.69) is 9.46 Å². The van der Waals surface area contributed by atoms with Gasteiger partial charge in [-0.3, -0.25) is 0 Å². The number of esters is 1. The molecule has 0 aliphatic carbocycles. The van der Waals surface area contributed by atoms with E-state index in [1.54, 1.807) is 0 Å². The van der Waals surface area contributed by atoms with Gasteiger partial charge in [-0.05, 0) is 30.0 Å². The summed E-state index contributed by atoms with van der Waals surface area (Å²) in [7, 11) is -2.58. The van der Waals surface area contributed by atoms with Gasteiger partial charge in [0.05, 0.1) is 12.0 Å². The van der Waals surface area contributed by atoms with Gasteiger partial charge in [0.25, 0.3) is 0 Å². The van der Waals surface area contributed by atoms with E-state index in [0.29, 0.717) is 12.5 Å². The van der Waals surface area contributed by atoms with E-state index in [0.717, 1.165) is 19.2 Å². The van der Waals surface area contributed by atoms with Crippen molar-refractivity contribution in [3.05, 3.63) is 23.8 Å². The van der Waals surface area contributed by atoms with Crippen LogP contribution in [0.25, 0.3) is 0 Å². The highest BCUT2D eigenvalue weighted by atomic mass is 32.2. The first-order valence-corrected chi connectivity index (χ1v) is 8.08. The monoisotopic (exact) mass is 315 g/mol. The van der Waals surface area contributed by atoms with Crippen molar-refractivity contribution in [1.82, 2.24) is 4.72 Å². The third kappa shape index (κ3) is 4.44. The fraction of sp³-hybridized carbons (Fsp3) is 0.500. The van der Waals surface area contributed by atoms with Gasteiger partial charge >= 0.3 is 5.97 Å². The van der Waals surface area contributed by atoms with Crippen LogP contribution in [-0.4, -0.2) is 33.1 Å². The molecule has 118 valence electrons. The summed E-state index contributed by atoms with van der Waals surface area (Å²) < 4.78 is 31.4. The summed E-state index contributed by atoms with van der Waals surface area (Å²) in [5.74, 6) is -0.591. The van der Waals surface area contributed by atoms with Crippen molar-refractivity contribution in [3.8, 4) is 5.75 Å². The molecule has 1 aromatic carbocycles. The Morgan fingerprint density at radius 2 is 1.95 bits per heavy atom. The SMILES string of the molecule is COC(=O)c1cc(S(=O)(=O)NCC(C)C(C)C)ccc1O. The first-order chi connectivity index (χ1) is 9.69. The molecule has 0 fully saturated rings. The van der Waals surface area contributed by atoms with Crippen LogP contribution in [0.5, 0.6) is 5.75 Å². The lowest BCUT2D eigenvalue weighted by Crippen LogP contribution is -2.30. The number of methoxy groups -OCH3 is 1. The first-order valence-electron chi connectivity index (χ1n) is 6.60. The highest BCUT2D eigenvalue weighted by molar-refractivity contribution is 7.89. The van der Waals surface area contributed by atoms with Crippen LogP contribution in [0.1, 0.15) is 31.1 Å². The van der Waals surface area contributed by atoms with Crippen LogP contribution in [-0.2, 0) is 14.8 Å². The number of sulfonamides is 1. The second kappa shape index (κ2) is 6.91. The lowest BCUT2D eigenvalue weighted by atomic mass is 9.99. The molecule has 1 rings (SSSR count). The van der Waals surface area contributed by atoms with E-state index < -0.39 is 16.0 Å². The summed E-state index contributed by atoms with van der Waals surface area (Å²) in [5, 5.41) is 9.58. The fourth-order valence-corrected chi connectivity index (χ4v) is 2.69. The Morgan fingerprint density at radius 1 is 1.33 bits per heavy atom. The van der Waals surface area contributed by atoms with Crippen LogP contribution in [0.4, 0.5) is 0 Å². The number of rotatable bonds is 6. The molecule has 0 amide bonds. The normalized spacial score (nSPS) is 13.2. The maximum Gasteiger partial charge on any atom is 0.341 e. The number of carbonyl (C=O) groups excluding carboxylic acids is 1. The summed E-state index contributed by atoms with van der Waals surface area (Å²) >= 11 is 0. The Morgan fingerprint density at radius 3 is 2.48 bits per heavy atom. The molecule has 1 atom stereocenters. The molecule has 0 aromatic heterocycles. The van der Waals surface area contributed by atoms with Crippen molar-refractivity contribution in [2.75, 3.05) is 13.7 Å². The third-order valence-corrected chi connectivity index (χ3v) is 4.84. The van der Waals surface area contributed by atoms with Gasteiger partial charge in [0, 0.05) is 6.54 Å². The number of hydrogen-bond acceptors (Lipinski definition) is 5. The second-order valence-corrected chi connectivity index (χ2v) is 7.01. The van der Waals surface area contributed by atoms with Crippen LogP contribution in [0, 0.1) is 11.8 Å². The number of hydrogen-bond donors (Lipinski definition) is 2. The smallest absolute Gasteiger partial charge is 0.341 e. The molecule has 0 bridgehead atoms. The number of benzene rings is 1. The van der Waals surface area contributed by atoms with Gasteiger partial charge in [-0.15, -0.1) is 0 Å². The fourth-order valence-electron chi connectivity index (χ4n) is 1.52. The molecule has 0 aliphatic rings. The van der Waals surface area contributed by atoms with Crippen molar-refractivity contribution in [2.45, 2.75) is 25.7 Å². The summed E-state index contributed by atoms with van der Waals surface area (Å²) in [6, 6.07) is 3.50. The van der Waals surface area contributed by atoms with Crippen LogP contribution in [0.15, 0.2) is 23.1 Å². The Labute approximate surface area is 125 Å². The molecule has 6 nitrogen and oxygen atoms in total. The Kier molecular flexibility index (Phi) is 5.74. The van der Waals surface area contributed by atoms with E-state index >= 15 is 0 Å². The molecular formula is C14H21NO5S. The average Bonchev–Trinajstić information content (AvgIpc) is 2.44. The Bertz CT molecular complexity index is 610. The van der Waals surface area contributed by atoms with Crippen LogP contribution in [0.3, 0.4) is 0 Å². The number of phenolic OH excluding ortho intramolecular Hbond substituents is 1. The maximum absolute atomic E-state index is 12.2. The molecule has 0 saturated heterocycles. The van der Waals surface area contributed by atoms with Gasteiger partial charge in [0.1, 0.15) is 11.3 Å². The quantitative estimate of drug-likeness (QED) is 0.780. The minimum absolute atomic E-state index is 0.0864. The van der Waals surface area contributed by atoms with E-state index in [1.165, 1.54) is 6.07 Å². The van der Waals surface area contributed by atoms with E-state index in [9.17, 15) is 18.3 Å². The number of carbonyl (C=O) groups is 1. The lowest BCUT2D eigenvalue weighted by Gasteiger charge is -2.16. The number of ether oxygens (including phenoxy) is 1. The van der Waals surface area contributed by atoms with Crippen molar-refractivity contribution >= 4 is 16.0 Å². The molecule has 21 heavy (non-hydrogen) atoms. The maximum atomic E-state index is 12.2. The highest BCUT2D eigenvalue weighted by Gasteiger charge is 2.20. The van der Waals surface area contributed by atoms with Gasteiger partial charge in [0.2, 0.25) is 10.0 Å². The number of nitrogens with one attached hydrogen (secondary N) is 1. The van der Waals surface area contributed by atoms with Gasteiger partial charge in [-0.1, -0.05) is 20.8 Å². The molecule has 7 heteroatoms. The Hall–Kier alpha value is -1.60. The summed E-state index contributed by atoms with van der Waals surface area (Å²) in [6.45, 7) is 6.27. The molecular weight excluding hydrogens is 294 g/mol. The molecule has 0 aliphatic heterocycles. The molecule has 2 N–H and O–H groups in total. The molecule has 1 unspecified atom stereocenters. The van der Waals surface area contributed by atoms with Gasteiger partial charge in [-0.25, -0.2) is 17.9 Å². The lowest BCUT2D eigenvalue weighted by molar-refractivity contribution is 0.0597. The van der Waals surface area contributed by atoms with E-state index in [4.69, 9.17) is 0 Å². The molecule has 0 radical (unpaired) electrons. The standard InChI is InChI=1S/C14H21NO5S/c1-9(2)10(3)8-15-21(18,19)11-5-6-13(16)12(7-11)14(17)20-4/h5-7,9-10,15-16H,8H2,1-4H3. The number of phenols is 1. The number of aromatic hydroxyl groups is 1. The van der Waals surface area contributed by atoms with Crippen molar-refractivity contribution < 1.29 is 23.1 Å². The minimum atomic E-state index is -3.74. The van der Waals surface area contributed by atoms with Gasteiger partial charge < -0.3 is 9.84 Å². The van der Waals surface area contributed by atoms with Gasteiger partial charge in [0.15, 0.2) is 0 Å². The zero-order valence-corrected chi connectivity index (χ0v) is 13.4.